The maximum Gasteiger partial charge on any atom is 0.414 e. The van der Waals surface area contributed by atoms with E-state index in [1.807, 2.05) is 33.8 Å². The van der Waals surface area contributed by atoms with Gasteiger partial charge in [0.25, 0.3) is 0 Å². The number of carbonyl (C=O) groups excluding carboxylic acids is 2. The lowest BCUT2D eigenvalue weighted by Crippen LogP contribution is -2.34. The van der Waals surface area contributed by atoms with Crippen LogP contribution < -0.4 is 9.64 Å². The zero-order valence-corrected chi connectivity index (χ0v) is 14.6. The predicted octanol–water partition coefficient (Wildman–Crippen LogP) is 3.17. The van der Waals surface area contributed by atoms with Gasteiger partial charge in [-0.05, 0) is 51.0 Å². The van der Waals surface area contributed by atoms with Crippen molar-refractivity contribution < 1.29 is 23.8 Å². The van der Waals surface area contributed by atoms with Gasteiger partial charge in [0.05, 0.1) is 7.11 Å². The molecule has 1 amide bonds. The summed E-state index contributed by atoms with van der Waals surface area (Å²) in [5, 5.41) is 0. The number of hydrogen-bond acceptors (Lipinski definition) is 5. The minimum Gasteiger partial charge on any atom is -0.482 e. The Morgan fingerprint density at radius 2 is 1.87 bits per heavy atom. The Bertz CT molecular complexity index is 563. The Morgan fingerprint density at radius 3 is 2.39 bits per heavy atom. The molecule has 0 radical (unpaired) electrons. The molecule has 6 nitrogen and oxygen atoms in total. The molecular formula is C17H25NO5. The van der Waals surface area contributed by atoms with E-state index in [0.29, 0.717) is 17.9 Å². The maximum absolute atomic E-state index is 12.1. The lowest BCUT2D eigenvalue weighted by atomic mass is 10.1. The molecule has 0 aliphatic heterocycles. The van der Waals surface area contributed by atoms with Crippen molar-refractivity contribution >= 4 is 17.7 Å². The lowest BCUT2D eigenvalue weighted by molar-refractivity contribution is -0.142. The summed E-state index contributed by atoms with van der Waals surface area (Å²) in [5.74, 6) is 0.154. The number of esters is 1. The van der Waals surface area contributed by atoms with Gasteiger partial charge in [-0.3, -0.25) is 4.90 Å². The van der Waals surface area contributed by atoms with Gasteiger partial charge in [0.1, 0.15) is 11.4 Å². The van der Waals surface area contributed by atoms with E-state index in [1.165, 1.54) is 12.0 Å². The Kier molecular flexibility index (Phi) is 6.42. The van der Waals surface area contributed by atoms with E-state index in [9.17, 15) is 9.59 Å². The zero-order valence-electron chi connectivity index (χ0n) is 14.6. The molecule has 0 saturated heterocycles. The third kappa shape index (κ3) is 5.81. The fourth-order valence-electron chi connectivity index (χ4n) is 1.82. The second-order valence-corrected chi connectivity index (χ2v) is 6.05. The smallest absolute Gasteiger partial charge is 0.414 e. The summed E-state index contributed by atoms with van der Waals surface area (Å²) in [6.07, 6.45) is 0.273. The van der Waals surface area contributed by atoms with E-state index < -0.39 is 17.7 Å². The maximum atomic E-state index is 12.1. The van der Waals surface area contributed by atoms with Crippen LogP contribution in [-0.2, 0) is 20.7 Å². The van der Waals surface area contributed by atoms with Crippen LogP contribution in [0.2, 0.25) is 0 Å². The summed E-state index contributed by atoms with van der Waals surface area (Å²) >= 11 is 0. The van der Waals surface area contributed by atoms with Crippen LogP contribution in [0.25, 0.3) is 0 Å². The minimum atomic E-state index is -0.553. The van der Waals surface area contributed by atoms with Gasteiger partial charge < -0.3 is 14.2 Å². The molecule has 0 atom stereocenters. The monoisotopic (exact) mass is 323 g/mol. The fraction of sp³-hybridized carbons (Fsp3) is 0.529. The summed E-state index contributed by atoms with van der Waals surface area (Å²) in [4.78, 5) is 24.7. The molecule has 1 aromatic carbocycles. The summed E-state index contributed by atoms with van der Waals surface area (Å²) in [7, 11) is 2.96. The molecule has 0 heterocycles. The topological polar surface area (TPSA) is 65.1 Å². The first-order valence-electron chi connectivity index (χ1n) is 7.47. The molecule has 0 aliphatic carbocycles. The van der Waals surface area contributed by atoms with Crippen LogP contribution in [-0.4, -0.2) is 38.4 Å². The van der Waals surface area contributed by atoms with Crippen molar-refractivity contribution in [3.63, 3.8) is 0 Å². The van der Waals surface area contributed by atoms with E-state index in [1.54, 1.807) is 19.2 Å². The van der Waals surface area contributed by atoms with Crippen molar-refractivity contribution in [2.24, 2.45) is 0 Å². The predicted molar refractivity (Wildman–Crippen MR) is 88.0 cm³/mol. The van der Waals surface area contributed by atoms with Gasteiger partial charge in [-0.25, -0.2) is 9.59 Å². The van der Waals surface area contributed by atoms with Crippen LogP contribution in [0.4, 0.5) is 10.5 Å². The molecule has 0 saturated carbocycles. The van der Waals surface area contributed by atoms with Crippen LogP contribution in [0.15, 0.2) is 18.2 Å². The number of rotatable bonds is 5. The molecule has 23 heavy (non-hydrogen) atoms. The van der Waals surface area contributed by atoms with E-state index in [0.717, 1.165) is 5.56 Å². The Morgan fingerprint density at radius 1 is 1.22 bits per heavy atom. The molecular weight excluding hydrogens is 298 g/mol. The molecule has 1 aromatic rings. The molecule has 0 N–H and O–H groups in total. The molecule has 0 spiro atoms. The van der Waals surface area contributed by atoms with Gasteiger partial charge in [0.15, 0.2) is 6.61 Å². The number of hydrogen-bond donors (Lipinski definition) is 0. The van der Waals surface area contributed by atoms with Crippen molar-refractivity contribution in [2.75, 3.05) is 25.7 Å². The van der Waals surface area contributed by atoms with E-state index >= 15 is 0 Å². The highest BCUT2D eigenvalue weighted by Crippen LogP contribution is 2.26. The van der Waals surface area contributed by atoms with Crippen LogP contribution in [0, 0.1) is 0 Å². The van der Waals surface area contributed by atoms with Crippen molar-refractivity contribution in [3.05, 3.63) is 23.8 Å². The average Bonchev–Trinajstić information content (AvgIpc) is 2.49. The molecule has 0 aliphatic rings. The summed E-state index contributed by atoms with van der Waals surface area (Å²) in [6.45, 7) is 7.28. The van der Waals surface area contributed by atoms with Gasteiger partial charge in [-0.2, -0.15) is 0 Å². The number of carbonyl (C=O) groups is 2. The standard InChI is InChI=1S/C17H25NO5/c1-7-12-10-13(18(5)16(20)23-17(2,3)4)8-9-14(12)22-11-15(19)21-6/h8-10H,7,11H2,1-6H3. The van der Waals surface area contributed by atoms with Gasteiger partial charge in [-0.1, -0.05) is 6.92 Å². The summed E-state index contributed by atoms with van der Waals surface area (Å²) in [6, 6.07) is 5.32. The second-order valence-electron chi connectivity index (χ2n) is 6.05. The van der Waals surface area contributed by atoms with Crippen molar-refractivity contribution in [2.45, 2.75) is 39.7 Å². The summed E-state index contributed by atoms with van der Waals surface area (Å²) in [5.41, 5.74) is 1.03. The van der Waals surface area contributed by atoms with Gasteiger partial charge >= 0.3 is 12.1 Å². The van der Waals surface area contributed by atoms with Gasteiger partial charge in [0, 0.05) is 12.7 Å². The molecule has 0 unspecified atom stereocenters. The molecule has 128 valence electrons. The fourth-order valence-corrected chi connectivity index (χ4v) is 1.82. The highest BCUT2D eigenvalue weighted by Gasteiger charge is 2.21. The third-order valence-electron chi connectivity index (χ3n) is 3.05. The molecule has 0 aromatic heterocycles. The lowest BCUT2D eigenvalue weighted by Gasteiger charge is -2.25. The SMILES string of the molecule is CCc1cc(N(C)C(=O)OC(C)(C)C)ccc1OCC(=O)OC. The second kappa shape index (κ2) is 7.85. The minimum absolute atomic E-state index is 0.148. The Labute approximate surface area is 137 Å². The van der Waals surface area contributed by atoms with Crippen LogP contribution >= 0.6 is 0 Å². The normalized spacial score (nSPS) is 10.9. The first kappa shape index (κ1) is 18.8. The quantitative estimate of drug-likeness (QED) is 0.779. The van der Waals surface area contributed by atoms with Crippen molar-refractivity contribution in [1.29, 1.82) is 0 Å². The van der Waals surface area contributed by atoms with Gasteiger partial charge in [-0.15, -0.1) is 0 Å². The number of amides is 1. The number of benzene rings is 1. The van der Waals surface area contributed by atoms with Gasteiger partial charge in [0.2, 0.25) is 0 Å². The third-order valence-corrected chi connectivity index (χ3v) is 3.05. The molecule has 6 heteroatoms. The average molecular weight is 323 g/mol. The van der Waals surface area contributed by atoms with E-state index in [2.05, 4.69) is 4.74 Å². The van der Waals surface area contributed by atoms with Crippen LogP contribution in [0.3, 0.4) is 0 Å². The first-order valence-corrected chi connectivity index (χ1v) is 7.47. The largest absolute Gasteiger partial charge is 0.482 e. The number of nitrogens with zero attached hydrogens (tertiary/aromatic N) is 1. The molecule has 1 rings (SSSR count). The zero-order chi connectivity index (χ0) is 17.6. The van der Waals surface area contributed by atoms with E-state index in [4.69, 9.17) is 9.47 Å². The van der Waals surface area contributed by atoms with Crippen molar-refractivity contribution in [1.82, 2.24) is 0 Å². The first-order chi connectivity index (χ1) is 10.7. The van der Waals surface area contributed by atoms with E-state index in [-0.39, 0.29) is 6.61 Å². The number of methoxy groups -OCH3 is 1. The highest BCUT2D eigenvalue weighted by molar-refractivity contribution is 5.87. The Hall–Kier alpha value is -2.24. The van der Waals surface area contributed by atoms with Crippen LogP contribution in [0.5, 0.6) is 5.75 Å². The number of anilines is 1. The number of ether oxygens (including phenoxy) is 3. The summed E-state index contributed by atoms with van der Waals surface area (Å²) < 4.78 is 15.3. The van der Waals surface area contributed by atoms with Crippen LogP contribution in [0.1, 0.15) is 33.3 Å². The Balaban J connectivity index is 2.89. The molecule has 0 bridgehead atoms. The van der Waals surface area contributed by atoms with Crippen molar-refractivity contribution in [3.8, 4) is 5.75 Å². The highest BCUT2D eigenvalue weighted by atomic mass is 16.6. The molecule has 0 fully saturated rings. The number of aryl methyl sites for hydroxylation is 1.